The van der Waals surface area contributed by atoms with Crippen molar-refractivity contribution in [3.63, 3.8) is 0 Å². The summed E-state index contributed by atoms with van der Waals surface area (Å²) in [5.41, 5.74) is 3.11. The van der Waals surface area contributed by atoms with Crippen LogP contribution in [0.2, 0.25) is 0 Å². The maximum absolute atomic E-state index is 12.9. The van der Waals surface area contributed by atoms with Gasteiger partial charge in [0.25, 0.3) is 5.91 Å². The van der Waals surface area contributed by atoms with Crippen molar-refractivity contribution in [1.29, 1.82) is 0 Å². The monoisotopic (exact) mass is 446 g/mol. The van der Waals surface area contributed by atoms with Gasteiger partial charge in [-0.3, -0.25) is 9.59 Å². The minimum absolute atomic E-state index is 0.128. The van der Waals surface area contributed by atoms with Crippen LogP contribution in [0.5, 0.6) is 5.75 Å². The van der Waals surface area contributed by atoms with Crippen molar-refractivity contribution in [1.82, 2.24) is 10.2 Å². The Kier molecular flexibility index (Phi) is 8.05. The van der Waals surface area contributed by atoms with Gasteiger partial charge in [0.2, 0.25) is 5.91 Å². The lowest BCUT2D eigenvalue weighted by Gasteiger charge is -2.29. The molecule has 1 atom stereocenters. The molecule has 0 aromatic heterocycles. The summed E-state index contributed by atoms with van der Waals surface area (Å²) in [5, 5.41) is 2.79. The molecule has 0 fully saturated rings. The second kappa shape index (κ2) is 10.3. The van der Waals surface area contributed by atoms with Crippen molar-refractivity contribution < 1.29 is 14.3 Å². The van der Waals surface area contributed by atoms with Crippen LogP contribution in [0.25, 0.3) is 0 Å². The molecule has 2 aromatic rings. The molecule has 0 heterocycles. The van der Waals surface area contributed by atoms with Crippen LogP contribution in [0, 0.1) is 13.8 Å². The number of halogens is 1. The van der Waals surface area contributed by atoms with Gasteiger partial charge in [-0.25, -0.2) is 0 Å². The van der Waals surface area contributed by atoms with Gasteiger partial charge in [0.1, 0.15) is 11.8 Å². The summed E-state index contributed by atoms with van der Waals surface area (Å²) < 4.78 is 6.68. The van der Waals surface area contributed by atoms with Crippen LogP contribution in [-0.4, -0.2) is 35.9 Å². The maximum Gasteiger partial charge on any atom is 0.261 e. The van der Waals surface area contributed by atoms with Crippen molar-refractivity contribution in [2.24, 2.45) is 0 Å². The zero-order chi connectivity index (χ0) is 20.7. The van der Waals surface area contributed by atoms with Gasteiger partial charge in [0, 0.05) is 17.6 Å². The van der Waals surface area contributed by atoms with Gasteiger partial charge in [-0.2, -0.15) is 0 Å². The van der Waals surface area contributed by atoms with E-state index in [0.29, 0.717) is 18.8 Å². The average molecular weight is 447 g/mol. The molecule has 0 unspecified atom stereocenters. The highest BCUT2D eigenvalue weighted by Gasteiger charge is 2.26. The van der Waals surface area contributed by atoms with Gasteiger partial charge < -0.3 is 15.0 Å². The lowest BCUT2D eigenvalue weighted by atomic mass is 10.1. The molecule has 2 aromatic carbocycles. The van der Waals surface area contributed by atoms with Crippen molar-refractivity contribution in [3.8, 4) is 5.75 Å². The fraction of sp³-hybridized carbons (Fsp3) is 0.364. The first-order valence-electron chi connectivity index (χ1n) is 9.34. The molecule has 0 aliphatic rings. The molecule has 0 bridgehead atoms. The number of ether oxygens (including phenoxy) is 1. The molecule has 0 saturated heterocycles. The number of aryl methyl sites for hydroxylation is 2. The van der Waals surface area contributed by atoms with Crippen molar-refractivity contribution >= 4 is 27.7 Å². The maximum atomic E-state index is 12.9. The number of nitrogens with zero attached hydrogens (tertiary/aromatic N) is 1. The summed E-state index contributed by atoms with van der Waals surface area (Å²) in [6.45, 7) is 8.30. The van der Waals surface area contributed by atoms with Crippen molar-refractivity contribution in [2.45, 2.75) is 40.3 Å². The molecule has 5 nitrogen and oxygen atoms in total. The molecule has 0 radical (unpaired) electrons. The quantitative estimate of drug-likeness (QED) is 0.666. The van der Waals surface area contributed by atoms with Crippen LogP contribution in [0.1, 0.15) is 30.5 Å². The number of nitrogens with one attached hydrogen (secondary N) is 1. The SMILES string of the molecule is CCNC(=O)[C@H](C)N(Cc1ccccc1C)C(=O)COc1ccc(Br)c(C)c1. The van der Waals surface area contributed by atoms with Crippen molar-refractivity contribution in [2.75, 3.05) is 13.2 Å². The number of carbonyl (C=O) groups is 2. The number of carbonyl (C=O) groups excluding carboxylic acids is 2. The zero-order valence-electron chi connectivity index (χ0n) is 16.8. The Morgan fingerprint density at radius 3 is 2.50 bits per heavy atom. The molecule has 0 spiro atoms. The first-order valence-corrected chi connectivity index (χ1v) is 10.1. The molecule has 150 valence electrons. The Bertz CT molecular complexity index is 838. The van der Waals surface area contributed by atoms with Gasteiger partial charge in [0.15, 0.2) is 6.61 Å². The Morgan fingerprint density at radius 1 is 1.14 bits per heavy atom. The van der Waals surface area contributed by atoms with E-state index in [1.54, 1.807) is 11.8 Å². The first-order chi connectivity index (χ1) is 13.3. The van der Waals surface area contributed by atoms with Crippen LogP contribution in [0.15, 0.2) is 46.9 Å². The normalized spacial score (nSPS) is 11.6. The molecule has 1 N–H and O–H groups in total. The minimum atomic E-state index is -0.595. The topological polar surface area (TPSA) is 58.6 Å². The summed E-state index contributed by atoms with van der Waals surface area (Å²) in [5.74, 6) is 0.210. The van der Waals surface area contributed by atoms with Crippen LogP contribution in [0.4, 0.5) is 0 Å². The molecule has 0 aliphatic heterocycles. The summed E-state index contributed by atoms with van der Waals surface area (Å²) in [7, 11) is 0. The Balaban J connectivity index is 2.16. The predicted octanol–water partition coefficient (Wildman–Crippen LogP) is 4.00. The highest BCUT2D eigenvalue weighted by atomic mass is 79.9. The molecule has 0 aliphatic carbocycles. The predicted molar refractivity (Wildman–Crippen MR) is 114 cm³/mol. The van der Waals surface area contributed by atoms with Crippen LogP contribution in [-0.2, 0) is 16.1 Å². The fourth-order valence-corrected chi connectivity index (χ4v) is 3.06. The molecule has 0 saturated carbocycles. The lowest BCUT2D eigenvalue weighted by molar-refractivity contribution is -0.142. The second-order valence-corrected chi connectivity index (χ2v) is 7.57. The van der Waals surface area contributed by atoms with E-state index in [0.717, 1.165) is 21.2 Å². The van der Waals surface area contributed by atoms with E-state index in [1.165, 1.54) is 0 Å². The highest BCUT2D eigenvalue weighted by molar-refractivity contribution is 9.10. The molecule has 6 heteroatoms. The standard InChI is InChI=1S/C22H27BrN2O3/c1-5-24-22(27)17(4)25(13-18-9-7-6-8-15(18)2)21(26)14-28-19-10-11-20(23)16(3)12-19/h6-12,17H,5,13-14H2,1-4H3,(H,24,27)/t17-/m0/s1. The number of amides is 2. The average Bonchev–Trinajstić information content (AvgIpc) is 2.67. The van der Waals surface area contributed by atoms with Gasteiger partial charge in [0.05, 0.1) is 0 Å². The van der Waals surface area contributed by atoms with E-state index >= 15 is 0 Å². The minimum Gasteiger partial charge on any atom is -0.484 e. The van der Waals surface area contributed by atoms with E-state index in [-0.39, 0.29) is 18.4 Å². The van der Waals surface area contributed by atoms with Crippen LogP contribution < -0.4 is 10.1 Å². The third-order valence-electron chi connectivity index (χ3n) is 4.61. The highest BCUT2D eigenvalue weighted by Crippen LogP contribution is 2.22. The number of hydrogen-bond acceptors (Lipinski definition) is 3. The largest absolute Gasteiger partial charge is 0.484 e. The zero-order valence-corrected chi connectivity index (χ0v) is 18.4. The summed E-state index contributed by atoms with van der Waals surface area (Å²) in [6.07, 6.45) is 0. The van der Waals surface area contributed by atoms with Gasteiger partial charge in [-0.15, -0.1) is 0 Å². The van der Waals surface area contributed by atoms with Gasteiger partial charge >= 0.3 is 0 Å². The third-order valence-corrected chi connectivity index (χ3v) is 5.50. The molecule has 2 amide bonds. The molecule has 2 rings (SSSR count). The molecular formula is C22H27BrN2O3. The van der Waals surface area contributed by atoms with E-state index in [1.807, 2.05) is 63.2 Å². The molecular weight excluding hydrogens is 420 g/mol. The van der Waals surface area contributed by atoms with Crippen LogP contribution >= 0.6 is 15.9 Å². The van der Waals surface area contributed by atoms with Gasteiger partial charge in [-0.1, -0.05) is 40.2 Å². The number of rotatable bonds is 8. The number of benzene rings is 2. The third kappa shape index (κ3) is 5.83. The summed E-state index contributed by atoms with van der Waals surface area (Å²) in [6, 6.07) is 12.8. The van der Waals surface area contributed by atoms with E-state index in [2.05, 4.69) is 21.2 Å². The molecule has 28 heavy (non-hydrogen) atoms. The smallest absolute Gasteiger partial charge is 0.261 e. The number of hydrogen-bond donors (Lipinski definition) is 1. The Labute approximate surface area is 175 Å². The summed E-state index contributed by atoms with van der Waals surface area (Å²) >= 11 is 3.45. The lowest BCUT2D eigenvalue weighted by Crippen LogP contribution is -2.49. The van der Waals surface area contributed by atoms with E-state index in [9.17, 15) is 9.59 Å². The Hall–Kier alpha value is -2.34. The fourth-order valence-electron chi connectivity index (χ4n) is 2.81. The van der Waals surface area contributed by atoms with E-state index < -0.39 is 6.04 Å². The summed E-state index contributed by atoms with van der Waals surface area (Å²) in [4.78, 5) is 26.9. The van der Waals surface area contributed by atoms with Gasteiger partial charge in [-0.05, 0) is 62.6 Å². The first kappa shape index (κ1) is 22.0. The van der Waals surface area contributed by atoms with Crippen molar-refractivity contribution in [3.05, 3.63) is 63.6 Å². The van der Waals surface area contributed by atoms with E-state index in [4.69, 9.17) is 4.74 Å². The van der Waals surface area contributed by atoms with Crippen LogP contribution in [0.3, 0.4) is 0 Å². The number of likely N-dealkylation sites (N-methyl/N-ethyl adjacent to an activating group) is 1. The second-order valence-electron chi connectivity index (χ2n) is 6.72. The Morgan fingerprint density at radius 2 is 1.86 bits per heavy atom.